The van der Waals surface area contributed by atoms with Gasteiger partial charge < -0.3 is 15.4 Å². The third-order valence-corrected chi connectivity index (χ3v) is 3.60. The second-order valence-corrected chi connectivity index (χ2v) is 5.18. The van der Waals surface area contributed by atoms with Crippen LogP contribution in [-0.4, -0.2) is 51.6 Å². The summed E-state index contributed by atoms with van der Waals surface area (Å²) in [4.78, 5) is 14.0. The van der Waals surface area contributed by atoms with E-state index in [0.29, 0.717) is 18.8 Å². The molecule has 7 nitrogen and oxygen atoms in total. The van der Waals surface area contributed by atoms with Crippen LogP contribution in [0.5, 0.6) is 0 Å². The van der Waals surface area contributed by atoms with Crippen LogP contribution >= 0.6 is 0 Å². The summed E-state index contributed by atoms with van der Waals surface area (Å²) in [6.07, 6.45) is 3.65. The maximum atomic E-state index is 12.2. The summed E-state index contributed by atoms with van der Waals surface area (Å²) in [6, 6.07) is 0. The standard InChI is InChI=1S/C12H21N5O2/c1-12(19-2)4-3-5-16(9-12)11(18)8-17-7-10(6-13)14-15-17/h7H,3-6,8-9,13H2,1-2H3. The monoisotopic (exact) mass is 267 g/mol. The Balaban J connectivity index is 1.96. The van der Waals surface area contributed by atoms with Gasteiger partial charge in [0.2, 0.25) is 5.91 Å². The quantitative estimate of drug-likeness (QED) is 0.814. The van der Waals surface area contributed by atoms with Gasteiger partial charge in [-0.05, 0) is 19.8 Å². The lowest BCUT2D eigenvalue weighted by molar-refractivity contribution is -0.140. The Kier molecular flexibility index (Phi) is 4.16. The molecule has 1 aliphatic rings. The molecule has 1 unspecified atom stereocenters. The first-order chi connectivity index (χ1) is 9.06. The predicted molar refractivity (Wildman–Crippen MR) is 69.1 cm³/mol. The third kappa shape index (κ3) is 3.30. The van der Waals surface area contributed by atoms with E-state index in [1.165, 1.54) is 4.68 Å². The van der Waals surface area contributed by atoms with Gasteiger partial charge in [0.25, 0.3) is 0 Å². The van der Waals surface area contributed by atoms with Gasteiger partial charge in [0.05, 0.1) is 17.5 Å². The lowest BCUT2D eigenvalue weighted by Gasteiger charge is -2.39. The second-order valence-electron chi connectivity index (χ2n) is 5.18. The van der Waals surface area contributed by atoms with Crippen LogP contribution in [0, 0.1) is 0 Å². The SMILES string of the molecule is COC1(C)CCCN(C(=O)Cn2cc(CN)nn2)C1. The number of methoxy groups -OCH3 is 1. The van der Waals surface area contributed by atoms with Crippen LogP contribution in [0.1, 0.15) is 25.5 Å². The maximum Gasteiger partial charge on any atom is 0.244 e. The molecule has 106 valence electrons. The van der Waals surface area contributed by atoms with Crippen molar-refractivity contribution in [3.8, 4) is 0 Å². The molecule has 2 N–H and O–H groups in total. The molecule has 1 fully saturated rings. The van der Waals surface area contributed by atoms with Crippen LogP contribution in [0.2, 0.25) is 0 Å². The van der Waals surface area contributed by atoms with Crippen molar-refractivity contribution in [2.45, 2.75) is 38.5 Å². The van der Waals surface area contributed by atoms with Crippen molar-refractivity contribution in [1.29, 1.82) is 0 Å². The first-order valence-corrected chi connectivity index (χ1v) is 6.48. The Labute approximate surface area is 112 Å². The van der Waals surface area contributed by atoms with E-state index in [1.807, 2.05) is 11.8 Å². The number of hydrogen-bond acceptors (Lipinski definition) is 5. The smallest absolute Gasteiger partial charge is 0.244 e. The molecule has 0 bridgehead atoms. The van der Waals surface area contributed by atoms with Crippen LogP contribution in [0.4, 0.5) is 0 Å². The van der Waals surface area contributed by atoms with E-state index in [4.69, 9.17) is 10.5 Å². The average molecular weight is 267 g/mol. The molecule has 0 radical (unpaired) electrons. The summed E-state index contributed by atoms with van der Waals surface area (Å²) < 4.78 is 7.02. The zero-order valence-electron chi connectivity index (χ0n) is 11.5. The highest BCUT2D eigenvalue weighted by Crippen LogP contribution is 2.23. The first-order valence-electron chi connectivity index (χ1n) is 6.48. The molecule has 1 aromatic rings. The zero-order chi connectivity index (χ0) is 13.9. The molecule has 0 aliphatic carbocycles. The minimum atomic E-state index is -0.237. The largest absolute Gasteiger partial charge is 0.377 e. The Morgan fingerprint density at radius 1 is 1.63 bits per heavy atom. The minimum absolute atomic E-state index is 0.0384. The molecule has 7 heteroatoms. The summed E-state index contributed by atoms with van der Waals surface area (Å²) in [5.74, 6) is 0.0384. The summed E-state index contributed by atoms with van der Waals surface area (Å²) in [6.45, 7) is 3.97. The molecule has 1 amide bonds. The highest BCUT2D eigenvalue weighted by atomic mass is 16.5. The van der Waals surface area contributed by atoms with E-state index in [1.54, 1.807) is 13.3 Å². The number of carbonyl (C=O) groups is 1. The van der Waals surface area contributed by atoms with Gasteiger partial charge in [0, 0.05) is 26.7 Å². The van der Waals surface area contributed by atoms with Crippen LogP contribution in [-0.2, 0) is 22.6 Å². The van der Waals surface area contributed by atoms with Gasteiger partial charge in [0.1, 0.15) is 6.54 Å². The zero-order valence-corrected chi connectivity index (χ0v) is 11.5. The number of nitrogens with zero attached hydrogens (tertiary/aromatic N) is 4. The number of nitrogens with two attached hydrogens (primary N) is 1. The van der Waals surface area contributed by atoms with E-state index in [0.717, 1.165) is 19.4 Å². The van der Waals surface area contributed by atoms with Crippen LogP contribution in [0.15, 0.2) is 6.20 Å². The topological polar surface area (TPSA) is 86.3 Å². The highest BCUT2D eigenvalue weighted by molar-refractivity contribution is 5.76. The third-order valence-electron chi connectivity index (χ3n) is 3.60. The fraction of sp³-hybridized carbons (Fsp3) is 0.750. The van der Waals surface area contributed by atoms with Gasteiger partial charge in [-0.25, -0.2) is 4.68 Å². The Hall–Kier alpha value is -1.47. The molecule has 2 heterocycles. The van der Waals surface area contributed by atoms with Crippen LogP contribution in [0.3, 0.4) is 0 Å². The van der Waals surface area contributed by atoms with Crippen molar-refractivity contribution in [2.24, 2.45) is 5.73 Å². The summed E-state index contributed by atoms with van der Waals surface area (Å²) in [7, 11) is 1.69. The number of rotatable bonds is 4. The van der Waals surface area contributed by atoms with Crippen molar-refractivity contribution in [3.05, 3.63) is 11.9 Å². The van der Waals surface area contributed by atoms with Gasteiger partial charge in [-0.2, -0.15) is 0 Å². The van der Waals surface area contributed by atoms with E-state index >= 15 is 0 Å². The first kappa shape index (κ1) is 14.0. The maximum absolute atomic E-state index is 12.2. The van der Waals surface area contributed by atoms with Crippen molar-refractivity contribution in [2.75, 3.05) is 20.2 Å². The Morgan fingerprint density at radius 2 is 2.42 bits per heavy atom. The summed E-state index contributed by atoms with van der Waals surface area (Å²) in [5, 5.41) is 7.76. The van der Waals surface area contributed by atoms with Gasteiger partial charge in [-0.1, -0.05) is 5.21 Å². The number of likely N-dealkylation sites (tertiary alicyclic amines) is 1. The van der Waals surface area contributed by atoms with E-state index in [9.17, 15) is 4.79 Å². The molecule has 1 aromatic heterocycles. The van der Waals surface area contributed by atoms with E-state index in [-0.39, 0.29) is 18.1 Å². The van der Waals surface area contributed by atoms with Gasteiger partial charge in [-0.15, -0.1) is 5.10 Å². The Morgan fingerprint density at radius 3 is 3.05 bits per heavy atom. The molecule has 19 heavy (non-hydrogen) atoms. The highest BCUT2D eigenvalue weighted by Gasteiger charge is 2.32. The molecule has 1 atom stereocenters. The summed E-state index contributed by atoms with van der Waals surface area (Å²) >= 11 is 0. The summed E-state index contributed by atoms with van der Waals surface area (Å²) in [5.41, 5.74) is 5.91. The van der Waals surface area contributed by atoms with Crippen LogP contribution < -0.4 is 5.73 Å². The minimum Gasteiger partial charge on any atom is -0.377 e. The van der Waals surface area contributed by atoms with Crippen molar-refractivity contribution in [1.82, 2.24) is 19.9 Å². The molecular weight excluding hydrogens is 246 g/mol. The number of piperidine rings is 1. The number of hydrogen-bond donors (Lipinski definition) is 1. The lowest BCUT2D eigenvalue weighted by Crippen LogP contribution is -2.50. The van der Waals surface area contributed by atoms with Crippen molar-refractivity contribution in [3.63, 3.8) is 0 Å². The second kappa shape index (κ2) is 5.66. The molecule has 0 aromatic carbocycles. The molecule has 2 rings (SSSR count). The molecule has 1 saturated heterocycles. The fourth-order valence-electron chi connectivity index (χ4n) is 2.33. The van der Waals surface area contributed by atoms with Gasteiger partial charge in [0.15, 0.2) is 0 Å². The van der Waals surface area contributed by atoms with Crippen molar-refractivity contribution < 1.29 is 9.53 Å². The average Bonchev–Trinajstić information content (AvgIpc) is 2.86. The Bertz CT molecular complexity index is 447. The molecular formula is C12H21N5O2. The van der Waals surface area contributed by atoms with Gasteiger partial charge >= 0.3 is 0 Å². The number of aromatic nitrogens is 3. The fourth-order valence-corrected chi connectivity index (χ4v) is 2.33. The number of carbonyl (C=O) groups excluding carboxylic acids is 1. The molecule has 1 aliphatic heterocycles. The molecule has 0 spiro atoms. The molecule has 0 saturated carbocycles. The number of ether oxygens (including phenoxy) is 1. The van der Waals surface area contributed by atoms with E-state index in [2.05, 4.69) is 10.3 Å². The number of amides is 1. The van der Waals surface area contributed by atoms with Crippen LogP contribution in [0.25, 0.3) is 0 Å². The van der Waals surface area contributed by atoms with Gasteiger partial charge in [-0.3, -0.25) is 4.79 Å². The van der Waals surface area contributed by atoms with E-state index < -0.39 is 0 Å². The lowest BCUT2D eigenvalue weighted by atomic mass is 9.95. The van der Waals surface area contributed by atoms with Crippen molar-refractivity contribution >= 4 is 5.91 Å². The predicted octanol–water partition coefficient (Wildman–Crippen LogP) is -0.236. The normalized spacial score (nSPS) is 23.6.